The molecule has 0 spiro atoms. The molecule has 0 atom stereocenters. The standard InChI is InChI=1S/C15H24N2O3S/c1-15(8-10-20-11-9-15)12-16-13-4-6-14(7-5-13)21(18,19)17(2)3/h4-7,16H,8-12H2,1-3H3. The number of nitrogens with zero attached hydrogens (tertiary/aromatic N) is 1. The smallest absolute Gasteiger partial charge is 0.242 e. The number of benzene rings is 1. The van der Waals surface area contributed by atoms with Crippen molar-refractivity contribution >= 4 is 15.7 Å². The summed E-state index contributed by atoms with van der Waals surface area (Å²) in [5.41, 5.74) is 1.19. The number of ether oxygens (including phenoxy) is 1. The molecular formula is C15H24N2O3S. The van der Waals surface area contributed by atoms with Crippen LogP contribution < -0.4 is 5.32 Å². The van der Waals surface area contributed by atoms with Crippen LogP contribution in [-0.4, -0.2) is 46.6 Å². The molecule has 1 heterocycles. The van der Waals surface area contributed by atoms with E-state index in [2.05, 4.69) is 12.2 Å². The van der Waals surface area contributed by atoms with Gasteiger partial charge in [-0.25, -0.2) is 12.7 Å². The van der Waals surface area contributed by atoms with Gasteiger partial charge < -0.3 is 10.1 Å². The third-order valence-electron chi connectivity index (χ3n) is 4.05. The van der Waals surface area contributed by atoms with E-state index in [4.69, 9.17) is 4.74 Å². The van der Waals surface area contributed by atoms with Gasteiger partial charge in [-0.2, -0.15) is 0 Å². The SMILES string of the molecule is CN(C)S(=O)(=O)c1ccc(NCC2(C)CCOCC2)cc1. The van der Waals surface area contributed by atoms with Crippen LogP contribution in [0.4, 0.5) is 5.69 Å². The van der Waals surface area contributed by atoms with Crippen LogP contribution in [0, 0.1) is 5.41 Å². The Labute approximate surface area is 127 Å². The summed E-state index contributed by atoms with van der Waals surface area (Å²) >= 11 is 0. The molecule has 1 aromatic carbocycles. The lowest BCUT2D eigenvalue weighted by Gasteiger charge is -2.33. The van der Waals surface area contributed by atoms with E-state index in [1.807, 2.05) is 12.1 Å². The second-order valence-corrected chi connectivity index (χ2v) is 8.24. The van der Waals surface area contributed by atoms with Gasteiger partial charge in [-0.05, 0) is 42.5 Å². The summed E-state index contributed by atoms with van der Waals surface area (Å²) in [4.78, 5) is 0.315. The van der Waals surface area contributed by atoms with E-state index < -0.39 is 10.0 Å². The van der Waals surface area contributed by atoms with Gasteiger partial charge in [0.2, 0.25) is 10.0 Å². The second-order valence-electron chi connectivity index (χ2n) is 6.09. The number of rotatable bonds is 5. The van der Waals surface area contributed by atoms with E-state index in [9.17, 15) is 8.42 Å². The lowest BCUT2D eigenvalue weighted by Crippen LogP contribution is -2.33. The van der Waals surface area contributed by atoms with E-state index in [0.717, 1.165) is 38.3 Å². The predicted molar refractivity (Wildman–Crippen MR) is 84.0 cm³/mol. The van der Waals surface area contributed by atoms with E-state index >= 15 is 0 Å². The fourth-order valence-corrected chi connectivity index (χ4v) is 3.21. The van der Waals surface area contributed by atoms with Gasteiger partial charge in [0.25, 0.3) is 0 Å². The maximum atomic E-state index is 12.0. The summed E-state index contributed by atoms with van der Waals surface area (Å²) < 4.78 is 30.6. The maximum absolute atomic E-state index is 12.0. The Morgan fingerprint density at radius 1 is 1.19 bits per heavy atom. The Balaban J connectivity index is 2.00. The molecule has 0 aliphatic carbocycles. The maximum Gasteiger partial charge on any atom is 0.242 e. The lowest BCUT2D eigenvalue weighted by molar-refractivity contribution is 0.0300. The van der Waals surface area contributed by atoms with Crippen LogP contribution in [0.3, 0.4) is 0 Å². The van der Waals surface area contributed by atoms with Crippen molar-refractivity contribution in [2.24, 2.45) is 5.41 Å². The van der Waals surface area contributed by atoms with Crippen LogP contribution in [0.25, 0.3) is 0 Å². The Kier molecular flexibility index (Phi) is 4.91. The molecule has 6 heteroatoms. The van der Waals surface area contributed by atoms with Gasteiger partial charge in [0.1, 0.15) is 0 Å². The average molecular weight is 312 g/mol. The second kappa shape index (κ2) is 6.34. The first-order valence-corrected chi connectivity index (χ1v) is 8.62. The van der Waals surface area contributed by atoms with E-state index in [1.54, 1.807) is 12.1 Å². The number of anilines is 1. The predicted octanol–water partition coefficient (Wildman–Crippen LogP) is 2.17. The zero-order valence-electron chi connectivity index (χ0n) is 12.9. The van der Waals surface area contributed by atoms with Crippen molar-refractivity contribution in [3.8, 4) is 0 Å². The molecular weight excluding hydrogens is 288 g/mol. The Hall–Kier alpha value is -1.11. The molecule has 0 amide bonds. The van der Waals surface area contributed by atoms with Crippen molar-refractivity contribution in [1.29, 1.82) is 0 Å². The van der Waals surface area contributed by atoms with Crippen LogP contribution in [0.1, 0.15) is 19.8 Å². The largest absolute Gasteiger partial charge is 0.384 e. The van der Waals surface area contributed by atoms with Gasteiger partial charge in [-0.1, -0.05) is 6.92 Å². The van der Waals surface area contributed by atoms with Crippen molar-refractivity contribution in [2.75, 3.05) is 39.2 Å². The summed E-state index contributed by atoms with van der Waals surface area (Å²) in [6, 6.07) is 6.92. The van der Waals surface area contributed by atoms with Crippen LogP contribution in [0.2, 0.25) is 0 Å². The number of hydrogen-bond donors (Lipinski definition) is 1. The molecule has 1 saturated heterocycles. The summed E-state index contributed by atoms with van der Waals surface area (Å²) in [6.07, 6.45) is 2.10. The first-order valence-electron chi connectivity index (χ1n) is 7.18. The van der Waals surface area contributed by atoms with Crippen molar-refractivity contribution in [2.45, 2.75) is 24.7 Å². The van der Waals surface area contributed by atoms with Crippen molar-refractivity contribution in [3.63, 3.8) is 0 Å². The number of sulfonamides is 1. The lowest BCUT2D eigenvalue weighted by atomic mass is 9.82. The number of hydrogen-bond acceptors (Lipinski definition) is 4. The third kappa shape index (κ3) is 3.96. The minimum absolute atomic E-state index is 0.243. The fourth-order valence-electron chi connectivity index (χ4n) is 2.31. The van der Waals surface area contributed by atoms with Gasteiger partial charge in [0.05, 0.1) is 4.90 Å². The fraction of sp³-hybridized carbons (Fsp3) is 0.600. The summed E-state index contributed by atoms with van der Waals surface area (Å²) in [7, 11) is -0.282. The highest BCUT2D eigenvalue weighted by atomic mass is 32.2. The molecule has 0 radical (unpaired) electrons. The van der Waals surface area contributed by atoms with Gasteiger partial charge in [-0.3, -0.25) is 0 Å². The molecule has 0 aromatic heterocycles. The molecule has 21 heavy (non-hydrogen) atoms. The molecule has 1 fully saturated rings. The van der Waals surface area contributed by atoms with E-state index in [-0.39, 0.29) is 5.41 Å². The molecule has 0 bridgehead atoms. The molecule has 0 unspecified atom stereocenters. The van der Waals surface area contributed by atoms with Crippen molar-refractivity contribution < 1.29 is 13.2 Å². The molecule has 1 N–H and O–H groups in total. The highest BCUT2D eigenvalue weighted by molar-refractivity contribution is 7.89. The quantitative estimate of drug-likeness (QED) is 0.905. The van der Waals surface area contributed by atoms with Crippen molar-refractivity contribution in [1.82, 2.24) is 4.31 Å². The first kappa shape index (κ1) is 16.3. The van der Waals surface area contributed by atoms with Gasteiger partial charge in [0.15, 0.2) is 0 Å². The molecule has 5 nitrogen and oxygen atoms in total. The molecule has 0 saturated carbocycles. The molecule has 118 valence electrons. The summed E-state index contributed by atoms with van der Waals surface area (Å²) in [5, 5.41) is 3.40. The summed E-state index contributed by atoms with van der Waals surface area (Å²) in [6.45, 7) is 4.76. The number of nitrogens with one attached hydrogen (secondary N) is 1. The zero-order valence-corrected chi connectivity index (χ0v) is 13.7. The average Bonchev–Trinajstić information content (AvgIpc) is 2.46. The van der Waals surface area contributed by atoms with Crippen LogP contribution in [-0.2, 0) is 14.8 Å². The highest BCUT2D eigenvalue weighted by Gasteiger charge is 2.27. The van der Waals surface area contributed by atoms with Crippen LogP contribution in [0.15, 0.2) is 29.2 Å². The van der Waals surface area contributed by atoms with Gasteiger partial charge in [-0.15, -0.1) is 0 Å². The third-order valence-corrected chi connectivity index (χ3v) is 5.88. The Morgan fingerprint density at radius 3 is 2.29 bits per heavy atom. The minimum Gasteiger partial charge on any atom is -0.384 e. The highest BCUT2D eigenvalue weighted by Crippen LogP contribution is 2.30. The zero-order chi connectivity index (χ0) is 15.5. The Bertz CT molecular complexity index is 561. The monoisotopic (exact) mass is 312 g/mol. The first-order chi connectivity index (χ1) is 9.83. The van der Waals surface area contributed by atoms with E-state index in [0.29, 0.717) is 4.90 Å². The normalized spacial score (nSPS) is 18.7. The van der Waals surface area contributed by atoms with Crippen LogP contribution in [0.5, 0.6) is 0 Å². The molecule has 2 rings (SSSR count). The summed E-state index contributed by atoms with van der Waals surface area (Å²) in [5.74, 6) is 0. The molecule has 1 aliphatic heterocycles. The molecule has 1 aliphatic rings. The van der Waals surface area contributed by atoms with Crippen LogP contribution >= 0.6 is 0 Å². The van der Waals surface area contributed by atoms with Gasteiger partial charge >= 0.3 is 0 Å². The molecule has 1 aromatic rings. The minimum atomic E-state index is -3.35. The topological polar surface area (TPSA) is 58.6 Å². The Morgan fingerprint density at radius 2 is 1.76 bits per heavy atom. The van der Waals surface area contributed by atoms with Crippen molar-refractivity contribution in [3.05, 3.63) is 24.3 Å². The van der Waals surface area contributed by atoms with E-state index in [1.165, 1.54) is 18.4 Å². The van der Waals surface area contributed by atoms with Gasteiger partial charge in [0, 0.05) is 39.5 Å².